The number of halogens is 4. The van der Waals surface area contributed by atoms with Gasteiger partial charge in [0.25, 0.3) is 5.91 Å². The van der Waals surface area contributed by atoms with Gasteiger partial charge in [0.15, 0.2) is 0 Å². The van der Waals surface area contributed by atoms with Crippen molar-refractivity contribution in [1.29, 1.82) is 0 Å². The summed E-state index contributed by atoms with van der Waals surface area (Å²) < 4.78 is 44.7. The van der Waals surface area contributed by atoms with Crippen molar-refractivity contribution in [2.24, 2.45) is 0 Å². The second kappa shape index (κ2) is 8.54. The molecule has 1 atom stereocenters. The minimum atomic E-state index is -5.08. The molecule has 7 nitrogen and oxygen atoms in total. The summed E-state index contributed by atoms with van der Waals surface area (Å²) in [7, 11) is 0. The molecular weight excluding hydrogens is 420 g/mol. The number of aromatic amines is 1. The van der Waals surface area contributed by atoms with E-state index >= 15 is 0 Å². The first-order chi connectivity index (χ1) is 14.5. The topological polar surface area (TPSA) is 108 Å². The summed E-state index contributed by atoms with van der Waals surface area (Å²) in [6.07, 6.45) is -1.16. The minimum absolute atomic E-state index is 0.0525. The van der Waals surface area contributed by atoms with E-state index in [1.165, 1.54) is 12.3 Å². The molecule has 0 saturated heterocycles. The number of H-pyrrole nitrogens is 1. The van der Waals surface area contributed by atoms with Gasteiger partial charge in [-0.1, -0.05) is 0 Å². The Balaban J connectivity index is 0.000000339. The summed E-state index contributed by atoms with van der Waals surface area (Å²) >= 11 is 0. The lowest BCUT2D eigenvalue weighted by molar-refractivity contribution is -0.192. The van der Waals surface area contributed by atoms with E-state index in [1.54, 1.807) is 12.3 Å². The van der Waals surface area contributed by atoms with Crippen LogP contribution in [-0.4, -0.2) is 44.2 Å². The quantitative estimate of drug-likeness (QED) is 0.420. The second-order valence-corrected chi connectivity index (χ2v) is 6.76. The van der Waals surface area contributed by atoms with Crippen LogP contribution >= 0.6 is 0 Å². The average Bonchev–Trinajstić information content (AvgIpc) is 3.13. The third kappa shape index (κ3) is 5.24. The molecule has 0 saturated carbocycles. The summed E-state index contributed by atoms with van der Waals surface area (Å²) in [5.74, 6) is -3.33. The Morgan fingerprint density at radius 2 is 1.87 bits per heavy atom. The van der Waals surface area contributed by atoms with Crippen molar-refractivity contribution in [2.45, 2.75) is 25.6 Å². The first-order valence-electron chi connectivity index (χ1n) is 8.96. The van der Waals surface area contributed by atoms with E-state index < -0.39 is 18.1 Å². The van der Waals surface area contributed by atoms with Gasteiger partial charge in [-0.25, -0.2) is 9.78 Å². The van der Waals surface area contributed by atoms with Crippen LogP contribution in [0.3, 0.4) is 0 Å². The SMILES string of the molecule is CC1Cc2[nH]c(-c3ccnc(-c4ccc(F)nc4)c3)cc2C(=O)N1.O=C(O)C(F)(F)F. The highest BCUT2D eigenvalue weighted by Crippen LogP contribution is 2.27. The molecule has 3 aromatic heterocycles. The van der Waals surface area contributed by atoms with Crippen LogP contribution in [0.2, 0.25) is 0 Å². The smallest absolute Gasteiger partial charge is 0.475 e. The van der Waals surface area contributed by atoms with Crippen LogP contribution < -0.4 is 5.32 Å². The van der Waals surface area contributed by atoms with Gasteiger partial charge in [0.1, 0.15) is 0 Å². The zero-order valence-corrected chi connectivity index (χ0v) is 16.0. The number of hydrogen-bond donors (Lipinski definition) is 3. The summed E-state index contributed by atoms with van der Waals surface area (Å²) in [5.41, 5.74) is 4.85. The van der Waals surface area contributed by atoms with Crippen molar-refractivity contribution in [3.8, 4) is 22.5 Å². The van der Waals surface area contributed by atoms with E-state index in [9.17, 15) is 22.4 Å². The number of carboxylic acids is 1. The van der Waals surface area contributed by atoms with E-state index in [-0.39, 0.29) is 11.9 Å². The average molecular weight is 436 g/mol. The Morgan fingerprint density at radius 3 is 2.48 bits per heavy atom. The molecule has 1 amide bonds. The van der Waals surface area contributed by atoms with Crippen molar-refractivity contribution in [3.63, 3.8) is 0 Å². The Kier molecular flexibility index (Phi) is 6.04. The summed E-state index contributed by atoms with van der Waals surface area (Å²) in [4.78, 5) is 32.3. The van der Waals surface area contributed by atoms with Gasteiger partial charge in [-0.05, 0) is 37.3 Å². The molecule has 0 aliphatic carbocycles. The number of hydrogen-bond acceptors (Lipinski definition) is 4. The van der Waals surface area contributed by atoms with Crippen molar-refractivity contribution < 1.29 is 32.3 Å². The highest BCUT2D eigenvalue weighted by Gasteiger charge is 2.38. The minimum Gasteiger partial charge on any atom is -0.475 e. The van der Waals surface area contributed by atoms with Crippen molar-refractivity contribution >= 4 is 11.9 Å². The van der Waals surface area contributed by atoms with Crippen LogP contribution in [0, 0.1) is 5.95 Å². The number of nitrogens with zero attached hydrogens (tertiary/aromatic N) is 2. The molecule has 3 aromatic rings. The maximum atomic E-state index is 13.0. The van der Waals surface area contributed by atoms with Crippen molar-refractivity contribution in [2.75, 3.05) is 0 Å². The molecular formula is C20H16F4N4O3. The number of pyridine rings is 2. The molecule has 0 bridgehead atoms. The van der Waals surface area contributed by atoms with Gasteiger partial charge in [-0.2, -0.15) is 17.6 Å². The summed E-state index contributed by atoms with van der Waals surface area (Å²) in [6.45, 7) is 1.98. The Bertz CT molecular complexity index is 1110. The highest BCUT2D eigenvalue weighted by molar-refractivity contribution is 5.98. The largest absolute Gasteiger partial charge is 0.490 e. The monoisotopic (exact) mass is 436 g/mol. The number of alkyl halides is 3. The second-order valence-electron chi connectivity index (χ2n) is 6.76. The van der Waals surface area contributed by atoms with Gasteiger partial charge in [0.2, 0.25) is 5.95 Å². The maximum absolute atomic E-state index is 13.0. The Morgan fingerprint density at radius 1 is 1.16 bits per heavy atom. The predicted octanol–water partition coefficient (Wildman–Crippen LogP) is 3.59. The van der Waals surface area contributed by atoms with Gasteiger partial charge in [-0.3, -0.25) is 9.78 Å². The Labute approximate surface area is 173 Å². The molecule has 11 heteroatoms. The molecule has 0 fully saturated rings. The lowest BCUT2D eigenvalue weighted by Gasteiger charge is -2.19. The molecule has 0 spiro atoms. The lowest BCUT2D eigenvalue weighted by atomic mass is 10.0. The number of fused-ring (bicyclic) bond motifs is 1. The Hall–Kier alpha value is -3.76. The van der Waals surface area contributed by atoms with Gasteiger partial charge in [-0.15, -0.1) is 0 Å². The molecule has 31 heavy (non-hydrogen) atoms. The predicted molar refractivity (Wildman–Crippen MR) is 102 cm³/mol. The number of carboxylic acid groups (broad SMARTS) is 1. The zero-order chi connectivity index (χ0) is 22.8. The molecule has 4 heterocycles. The number of nitrogens with one attached hydrogen (secondary N) is 2. The fourth-order valence-corrected chi connectivity index (χ4v) is 2.96. The normalized spacial score (nSPS) is 15.4. The molecule has 0 aromatic carbocycles. The maximum Gasteiger partial charge on any atom is 0.490 e. The molecule has 0 radical (unpaired) electrons. The molecule has 1 aliphatic heterocycles. The summed E-state index contributed by atoms with van der Waals surface area (Å²) in [5, 5.41) is 10.1. The molecule has 162 valence electrons. The van der Waals surface area contributed by atoms with Crippen molar-refractivity contribution in [3.05, 3.63) is 59.9 Å². The van der Waals surface area contributed by atoms with Gasteiger partial charge in [0, 0.05) is 47.4 Å². The zero-order valence-electron chi connectivity index (χ0n) is 16.0. The number of carbonyl (C=O) groups is 2. The van der Waals surface area contributed by atoms with Crippen molar-refractivity contribution in [1.82, 2.24) is 20.3 Å². The fraction of sp³-hybridized carbons (Fsp3) is 0.200. The van der Waals surface area contributed by atoms with Crippen LogP contribution in [0.15, 0.2) is 42.7 Å². The van der Waals surface area contributed by atoms with E-state index in [0.29, 0.717) is 11.3 Å². The van der Waals surface area contributed by atoms with E-state index in [4.69, 9.17) is 9.90 Å². The third-order valence-corrected chi connectivity index (χ3v) is 4.37. The first kappa shape index (κ1) is 21.9. The fourth-order valence-electron chi connectivity index (χ4n) is 2.96. The molecule has 1 unspecified atom stereocenters. The number of carbonyl (C=O) groups excluding carboxylic acids is 1. The standard InChI is InChI=1S/C18H15FN4O.C2HF3O2/c1-10-6-16-13(18(24)22-10)8-15(23-16)11-4-5-20-14(7-11)12-2-3-17(19)21-9-12;3-2(4,5)1(6)7/h2-5,7-10,23H,6H2,1H3,(H,22,24);(H,6,7). The summed E-state index contributed by atoms with van der Waals surface area (Å²) in [6, 6.07) is 8.70. The van der Waals surface area contributed by atoms with E-state index in [2.05, 4.69) is 20.3 Å². The van der Waals surface area contributed by atoms with Crippen LogP contribution in [0.25, 0.3) is 22.5 Å². The first-order valence-corrected chi connectivity index (χ1v) is 8.96. The number of aliphatic carboxylic acids is 1. The molecule has 3 N–H and O–H groups in total. The van der Waals surface area contributed by atoms with Gasteiger partial charge in [0.05, 0.1) is 11.3 Å². The molecule has 1 aliphatic rings. The molecule has 4 rings (SSSR count). The van der Waals surface area contributed by atoms with Crippen LogP contribution in [-0.2, 0) is 11.2 Å². The van der Waals surface area contributed by atoms with E-state index in [0.717, 1.165) is 28.9 Å². The highest BCUT2D eigenvalue weighted by atomic mass is 19.4. The van der Waals surface area contributed by atoms with Crippen LogP contribution in [0.5, 0.6) is 0 Å². The lowest BCUT2D eigenvalue weighted by Crippen LogP contribution is -2.38. The number of aromatic nitrogens is 3. The third-order valence-electron chi connectivity index (χ3n) is 4.37. The van der Waals surface area contributed by atoms with Gasteiger partial charge >= 0.3 is 12.1 Å². The van der Waals surface area contributed by atoms with E-state index in [1.807, 2.05) is 25.1 Å². The number of rotatable bonds is 2. The van der Waals surface area contributed by atoms with Gasteiger partial charge < -0.3 is 15.4 Å². The number of amides is 1. The van der Waals surface area contributed by atoms with Crippen LogP contribution in [0.4, 0.5) is 17.6 Å². The van der Waals surface area contributed by atoms with Crippen LogP contribution in [0.1, 0.15) is 23.0 Å².